The van der Waals surface area contributed by atoms with Crippen molar-refractivity contribution in [2.45, 2.75) is 13.8 Å². The van der Waals surface area contributed by atoms with Gasteiger partial charge in [-0.3, -0.25) is 0 Å². The minimum Gasteiger partial charge on any atom is -0.144 e. The maximum absolute atomic E-state index is 3.32. The zero-order chi connectivity index (χ0) is 9.97. The molecule has 0 saturated carbocycles. The van der Waals surface area contributed by atoms with Crippen molar-refractivity contribution in [3.63, 3.8) is 0 Å². The molecule has 0 fully saturated rings. The molecule has 0 bridgehead atoms. The second-order valence-corrected chi connectivity index (χ2v) is 3.60. The quantitative estimate of drug-likeness (QED) is 0.692. The van der Waals surface area contributed by atoms with Crippen molar-refractivity contribution < 1.29 is 32.7 Å². The van der Waals surface area contributed by atoms with E-state index < -0.39 is 0 Å². The van der Waals surface area contributed by atoms with E-state index in [0.717, 1.165) is 0 Å². The average molecular weight is 270 g/mol. The first-order valence-electron chi connectivity index (χ1n) is 4.82. The summed E-state index contributed by atoms with van der Waals surface area (Å²) in [5.41, 5.74) is 5.00. The standard InChI is InChI=1S/C14H13.Y/c1-11-8-9-14(12(2)10-11)13-6-4-3-5-7-13;/h3-8,10H,1-2H3;/q-1;. The first kappa shape index (κ1) is 12.6. The van der Waals surface area contributed by atoms with E-state index in [1.807, 2.05) is 12.1 Å². The van der Waals surface area contributed by atoms with Gasteiger partial charge in [0.05, 0.1) is 0 Å². The zero-order valence-corrected chi connectivity index (χ0v) is 12.0. The fourth-order valence-corrected chi connectivity index (χ4v) is 1.67. The zero-order valence-electron chi connectivity index (χ0n) is 9.12. The van der Waals surface area contributed by atoms with Crippen molar-refractivity contribution >= 4 is 0 Å². The van der Waals surface area contributed by atoms with Crippen LogP contribution < -0.4 is 0 Å². The molecule has 0 N–H and O–H groups in total. The van der Waals surface area contributed by atoms with Crippen LogP contribution in [-0.4, -0.2) is 0 Å². The van der Waals surface area contributed by atoms with Gasteiger partial charge in [0.25, 0.3) is 0 Å². The Morgan fingerprint density at radius 1 is 1.00 bits per heavy atom. The van der Waals surface area contributed by atoms with Crippen molar-refractivity contribution in [3.8, 4) is 11.1 Å². The Bertz CT molecular complexity index is 432. The predicted molar refractivity (Wildman–Crippen MR) is 60.2 cm³/mol. The molecular formula is C14H13Y-. The minimum absolute atomic E-state index is 0. The van der Waals surface area contributed by atoms with E-state index in [1.165, 1.54) is 22.3 Å². The van der Waals surface area contributed by atoms with Gasteiger partial charge in [0, 0.05) is 32.7 Å². The summed E-state index contributed by atoms with van der Waals surface area (Å²) in [4.78, 5) is 0. The molecule has 15 heavy (non-hydrogen) atoms. The van der Waals surface area contributed by atoms with Gasteiger partial charge in [-0.25, -0.2) is 0 Å². The van der Waals surface area contributed by atoms with Gasteiger partial charge in [-0.05, 0) is 0 Å². The molecule has 0 atom stereocenters. The number of hydrogen-bond acceptors (Lipinski definition) is 0. The first-order valence-corrected chi connectivity index (χ1v) is 4.82. The van der Waals surface area contributed by atoms with Crippen molar-refractivity contribution in [1.82, 2.24) is 0 Å². The number of hydrogen-bond donors (Lipinski definition) is 0. The number of benzene rings is 2. The summed E-state index contributed by atoms with van der Waals surface area (Å²) in [5.74, 6) is 0. The summed E-state index contributed by atoms with van der Waals surface area (Å²) in [6, 6.07) is 17.9. The molecule has 0 amide bonds. The van der Waals surface area contributed by atoms with Crippen LogP contribution >= 0.6 is 0 Å². The maximum Gasteiger partial charge on any atom is 0 e. The second kappa shape index (κ2) is 5.58. The van der Waals surface area contributed by atoms with E-state index >= 15 is 0 Å². The molecule has 0 spiro atoms. The van der Waals surface area contributed by atoms with E-state index in [-0.39, 0.29) is 32.7 Å². The molecule has 73 valence electrons. The molecule has 2 aromatic carbocycles. The molecule has 0 saturated heterocycles. The first-order chi connectivity index (χ1) is 6.77. The molecule has 0 unspecified atom stereocenters. The fraction of sp³-hybridized carbons (Fsp3) is 0.143. The van der Waals surface area contributed by atoms with Crippen LogP contribution in [0.15, 0.2) is 42.5 Å². The topological polar surface area (TPSA) is 0 Å². The molecule has 0 aromatic heterocycles. The maximum atomic E-state index is 3.32. The molecule has 0 aliphatic heterocycles. The van der Waals surface area contributed by atoms with Gasteiger partial charge in [0.1, 0.15) is 0 Å². The summed E-state index contributed by atoms with van der Waals surface area (Å²) in [5, 5.41) is 0. The number of rotatable bonds is 1. The molecule has 1 heteroatoms. The third-order valence-electron chi connectivity index (χ3n) is 2.35. The summed E-state index contributed by atoms with van der Waals surface area (Å²) in [7, 11) is 0. The van der Waals surface area contributed by atoms with Crippen LogP contribution in [0.4, 0.5) is 0 Å². The van der Waals surface area contributed by atoms with Gasteiger partial charge in [-0.2, -0.15) is 0 Å². The third-order valence-corrected chi connectivity index (χ3v) is 2.35. The van der Waals surface area contributed by atoms with Crippen LogP contribution in [0.1, 0.15) is 11.1 Å². The van der Waals surface area contributed by atoms with Gasteiger partial charge in [-0.1, -0.05) is 49.7 Å². The Morgan fingerprint density at radius 2 is 1.67 bits per heavy atom. The van der Waals surface area contributed by atoms with Crippen LogP contribution in [0.5, 0.6) is 0 Å². The van der Waals surface area contributed by atoms with Crippen LogP contribution in [-0.2, 0) is 32.7 Å². The van der Waals surface area contributed by atoms with E-state index in [9.17, 15) is 0 Å². The molecule has 0 aliphatic carbocycles. The summed E-state index contributed by atoms with van der Waals surface area (Å²) >= 11 is 0. The Morgan fingerprint density at radius 3 is 2.27 bits per heavy atom. The average Bonchev–Trinajstić information content (AvgIpc) is 2.19. The molecular weight excluding hydrogens is 257 g/mol. The van der Waals surface area contributed by atoms with Crippen LogP contribution in [0, 0.1) is 19.9 Å². The third kappa shape index (κ3) is 3.00. The molecule has 0 heterocycles. The Balaban J connectivity index is 0.00000112. The Labute approximate surface area is 117 Å². The molecule has 1 radical (unpaired) electrons. The fourth-order valence-electron chi connectivity index (χ4n) is 1.67. The van der Waals surface area contributed by atoms with E-state index in [4.69, 9.17) is 0 Å². The predicted octanol–water partition coefficient (Wildman–Crippen LogP) is 3.77. The minimum atomic E-state index is 0. The van der Waals surface area contributed by atoms with Crippen molar-refractivity contribution in [2.75, 3.05) is 0 Å². The van der Waals surface area contributed by atoms with Crippen LogP contribution in [0.25, 0.3) is 11.1 Å². The van der Waals surface area contributed by atoms with Gasteiger partial charge in [0.2, 0.25) is 0 Å². The van der Waals surface area contributed by atoms with Crippen LogP contribution in [0.2, 0.25) is 0 Å². The smallest absolute Gasteiger partial charge is 0 e. The van der Waals surface area contributed by atoms with Crippen molar-refractivity contribution in [3.05, 3.63) is 59.7 Å². The summed E-state index contributed by atoms with van der Waals surface area (Å²) in [6.07, 6.45) is 0. The van der Waals surface area contributed by atoms with Gasteiger partial charge in [-0.15, -0.1) is 34.9 Å². The van der Waals surface area contributed by atoms with Gasteiger partial charge < -0.3 is 0 Å². The van der Waals surface area contributed by atoms with E-state index in [0.29, 0.717) is 0 Å². The molecule has 2 aromatic rings. The molecule has 0 aliphatic rings. The van der Waals surface area contributed by atoms with Crippen molar-refractivity contribution in [2.24, 2.45) is 0 Å². The monoisotopic (exact) mass is 270 g/mol. The summed E-state index contributed by atoms with van der Waals surface area (Å²) < 4.78 is 0. The number of aryl methyl sites for hydroxylation is 2. The molecule has 0 nitrogen and oxygen atoms in total. The SMILES string of the molecule is Cc1c[c-]c(-c2ccccc2)c(C)c1.[Y]. The normalized spacial score (nSPS) is 9.47. The Kier molecular flexibility index (Phi) is 4.69. The Hall–Kier alpha value is -0.456. The van der Waals surface area contributed by atoms with E-state index in [1.54, 1.807) is 0 Å². The van der Waals surface area contributed by atoms with E-state index in [2.05, 4.69) is 50.2 Å². The van der Waals surface area contributed by atoms with Crippen LogP contribution in [0.3, 0.4) is 0 Å². The van der Waals surface area contributed by atoms with Gasteiger partial charge >= 0.3 is 0 Å². The van der Waals surface area contributed by atoms with Gasteiger partial charge in [0.15, 0.2) is 0 Å². The van der Waals surface area contributed by atoms with Crippen molar-refractivity contribution in [1.29, 1.82) is 0 Å². The second-order valence-electron chi connectivity index (χ2n) is 3.60. The summed E-state index contributed by atoms with van der Waals surface area (Å²) in [6.45, 7) is 4.23. The largest absolute Gasteiger partial charge is 0.144 e. The molecule has 2 rings (SSSR count).